The minimum Gasteiger partial charge on any atom is -0.478 e. The topological polar surface area (TPSA) is 109 Å². The summed E-state index contributed by atoms with van der Waals surface area (Å²) in [5.74, 6) is -1.80. The number of primary amides is 1. The van der Waals surface area contributed by atoms with Gasteiger partial charge in [-0.15, -0.1) is 0 Å². The molecule has 1 aliphatic carbocycles. The van der Waals surface area contributed by atoms with Crippen LogP contribution in [-0.4, -0.2) is 28.4 Å². The molecule has 0 aromatic heterocycles. The predicted octanol–water partition coefficient (Wildman–Crippen LogP) is 0.913. The molecule has 6 heteroatoms. The average Bonchev–Trinajstić information content (AvgIpc) is 2.35. The third kappa shape index (κ3) is 2.96. The van der Waals surface area contributed by atoms with Gasteiger partial charge in [0.25, 0.3) is 5.91 Å². The van der Waals surface area contributed by atoms with Crippen LogP contribution in [0.25, 0.3) is 0 Å². The van der Waals surface area contributed by atoms with Crippen LogP contribution in [0.5, 0.6) is 0 Å². The first kappa shape index (κ1) is 14.0. The number of carboxylic acids is 1. The Kier molecular flexibility index (Phi) is 3.74. The molecule has 0 aliphatic heterocycles. The standard InChI is InChI=1S/C14H16N2O4/c15-11(17)8-14(6-1-7-14)16-12(18)9-2-4-10(5-3-9)13(19)20/h2-5H,1,6-8H2,(H2,15,17)(H,16,18)(H,19,20). The maximum atomic E-state index is 12.1. The van der Waals surface area contributed by atoms with E-state index in [2.05, 4.69) is 5.32 Å². The summed E-state index contributed by atoms with van der Waals surface area (Å²) in [6, 6.07) is 5.66. The van der Waals surface area contributed by atoms with E-state index in [1.165, 1.54) is 24.3 Å². The van der Waals surface area contributed by atoms with Gasteiger partial charge >= 0.3 is 5.97 Å². The minimum atomic E-state index is -1.04. The van der Waals surface area contributed by atoms with Crippen LogP contribution < -0.4 is 11.1 Å². The van der Waals surface area contributed by atoms with E-state index >= 15 is 0 Å². The molecule has 0 radical (unpaired) electrons. The molecule has 6 nitrogen and oxygen atoms in total. The van der Waals surface area contributed by atoms with E-state index in [0.29, 0.717) is 5.56 Å². The number of nitrogens with two attached hydrogens (primary N) is 1. The number of hydrogen-bond donors (Lipinski definition) is 3. The number of amides is 2. The molecule has 20 heavy (non-hydrogen) atoms. The normalized spacial score (nSPS) is 16.0. The maximum Gasteiger partial charge on any atom is 0.335 e. The van der Waals surface area contributed by atoms with Crippen LogP contribution in [0.15, 0.2) is 24.3 Å². The van der Waals surface area contributed by atoms with E-state index in [0.717, 1.165) is 19.3 Å². The Morgan fingerprint density at radius 3 is 2.10 bits per heavy atom. The average molecular weight is 276 g/mol. The highest BCUT2D eigenvalue weighted by atomic mass is 16.4. The number of aromatic carboxylic acids is 1. The van der Waals surface area contributed by atoms with Crippen LogP contribution in [0.2, 0.25) is 0 Å². The summed E-state index contributed by atoms with van der Waals surface area (Å²) < 4.78 is 0. The Labute approximate surface area is 116 Å². The quantitative estimate of drug-likeness (QED) is 0.742. The van der Waals surface area contributed by atoms with Crippen LogP contribution in [0.4, 0.5) is 0 Å². The second kappa shape index (κ2) is 5.32. The Hall–Kier alpha value is -2.37. The Bertz CT molecular complexity index is 547. The van der Waals surface area contributed by atoms with Crippen LogP contribution in [-0.2, 0) is 4.79 Å². The first-order valence-corrected chi connectivity index (χ1v) is 6.36. The molecule has 1 aliphatic rings. The zero-order chi connectivity index (χ0) is 14.8. The van der Waals surface area contributed by atoms with Crippen molar-refractivity contribution in [2.45, 2.75) is 31.2 Å². The molecule has 1 aromatic rings. The van der Waals surface area contributed by atoms with Gasteiger partial charge in [-0.25, -0.2) is 4.79 Å². The van der Waals surface area contributed by atoms with E-state index < -0.39 is 17.4 Å². The number of carbonyl (C=O) groups is 3. The molecule has 2 rings (SSSR count). The first-order chi connectivity index (χ1) is 9.42. The Balaban J connectivity index is 2.07. The van der Waals surface area contributed by atoms with Crippen molar-refractivity contribution in [2.24, 2.45) is 5.73 Å². The molecule has 0 spiro atoms. The van der Waals surface area contributed by atoms with Crippen molar-refractivity contribution >= 4 is 17.8 Å². The molecule has 2 amide bonds. The van der Waals surface area contributed by atoms with E-state index in [4.69, 9.17) is 10.8 Å². The lowest BCUT2D eigenvalue weighted by Gasteiger charge is -2.41. The van der Waals surface area contributed by atoms with Crippen molar-refractivity contribution in [1.29, 1.82) is 0 Å². The van der Waals surface area contributed by atoms with Gasteiger partial charge in [-0.2, -0.15) is 0 Å². The van der Waals surface area contributed by atoms with Crippen molar-refractivity contribution in [3.63, 3.8) is 0 Å². The second-order valence-electron chi connectivity index (χ2n) is 5.11. The number of nitrogens with one attached hydrogen (secondary N) is 1. The summed E-state index contributed by atoms with van der Waals surface area (Å²) in [6.07, 6.45) is 2.54. The number of rotatable bonds is 5. The fourth-order valence-electron chi connectivity index (χ4n) is 2.36. The lowest BCUT2D eigenvalue weighted by atomic mass is 9.74. The van der Waals surface area contributed by atoms with Gasteiger partial charge in [-0.3, -0.25) is 9.59 Å². The third-order valence-electron chi connectivity index (χ3n) is 3.60. The van der Waals surface area contributed by atoms with Crippen molar-refractivity contribution in [2.75, 3.05) is 0 Å². The van der Waals surface area contributed by atoms with Crippen LogP contribution >= 0.6 is 0 Å². The van der Waals surface area contributed by atoms with Crippen LogP contribution in [0.3, 0.4) is 0 Å². The zero-order valence-corrected chi connectivity index (χ0v) is 10.9. The summed E-state index contributed by atoms with van der Waals surface area (Å²) >= 11 is 0. The molecule has 1 fully saturated rings. The molecule has 1 aromatic carbocycles. The third-order valence-corrected chi connectivity index (χ3v) is 3.60. The van der Waals surface area contributed by atoms with Gasteiger partial charge in [0.1, 0.15) is 0 Å². The van der Waals surface area contributed by atoms with Crippen LogP contribution in [0.1, 0.15) is 46.4 Å². The maximum absolute atomic E-state index is 12.1. The molecular formula is C14H16N2O4. The highest BCUT2D eigenvalue weighted by Crippen LogP contribution is 2.35. The highest BCUT2D eigenvalue weighted by molar-refractivity contribution is 5.96. The number of hydrogen-bond acceptors (Lipinski definition) is 3. The lowest BCUT2D eigenvalue weighted by molar-refractivity contribution is -0.120. The van der Waals surface area contributed by atoms with E-state index in [1.54, 1.807) is 0 Å². The summed E-state index contributed by atoms with van der Waals surface area (Å²) in [4.78, 5) is 33.9. The minimum absolute atomic E-state index is 0.122. The Morgan fingerprint density at radius 1 is 1.15 bits per heavy atom. The van der Waals surface area contributed by atoms with Crippen molar-refractivity contribution in [3.8, 4) is 0 Å². The fraction of sp³-hybridized carbons (Fsp3) is 0.357. The lowest BCUT2D eigenvalue weighted by Crippen LogP contribution is -2.55. The van der Waals surface area contributed by atoms with Gasteiger partial charge in [0.2, 0.25) is 5.91 Å². The van der Waals surface area contributed by atoms with Gasteiger partial charge < -0.3 is 16.2 Å². The fourth-order valence-corrected chi connectivity index (χ4v) is 2.36. The molecule has 4 N–H and O–H groups in total. The van der Waals surface area contributed by atoms with Gasteiger partial charge in [0.05, 0.1) is 5.56 Å². The van der Waals surface area contributed by atoms with Gasteiger partial charge in [-0.05, 0) is 43.5 Å². The monoisotopic (exact) mass is 276 g/mol. The number of carboxylic acid groups (broad SMARTS) is 1. The van der Waals surface area contributed by atoms with E-state index in [-0.39, 0.29) is 17.9 Å². The zero-order valence-electron chi connectivity index (χ0n) is 10.9. The molecule has 0 saturated heterocycles. The first-order valence-electron chi connectivity index (χ1n) is 6.36. The smallest absolute Gasteiger partial charge is 0.335 e. The van der Waals surface area contributed by atoms with Crippen molar-refractivity contribution in [3.05, 3.63) is 35.4 Å². The van der Waals surface area contributed by atoms with Crippen molar-refractivity contribution < 1.29 is 19.5 Å². The number of benzene rings is 1. The summed E-state index contributed by atoms with van der Waals surface area (Å²) in [7, 11) is 0. The molecular weight excluding hydrogens is 260 g/mol. The van der Waals surface area contributed by atoms with E-state index in [9.17, 15) is 14.4 Å². The molecule has 0 unspecified atom stereocenters. The molecule has 0 bridgehead atoms. The summed E-state index contributed by atoms with van der Waals surface area (Å²) in [6.45, 7) is 0. The SMILES string of the molecule is NC(=O)CC1(NC(=O)c2ccc(C(=O)O)cc2)CCC1. The summed E-state index contributed by atoms with van der Waals surface area (Å²) in [5, 5.41) is 11.6. The Morgan fingerprint density at radius 2 is 1.70 bits per heavy atom. The van der Waals surface area contributed by atoms with Gasteiger partial charge in [0, 0.05) is 17.5 Å². The second-order valence-corrected chi connectivity index (χ2v) is 5.11. The number of carbonyl (C=O) groups excluding carboxylic acids is 2. The van der Waals surface area contributed by atoms with Crippen LogP contribution in [0, 0.1) is 0 Å². The van der Waals surface area contributed by atoms with Gasteiger partial charge in [-0.1, -0.05) is 0 Å². The van der Waals surface area contributed by atoms with Gasteiger partial charge in [0.15, 0.2) is 0 Å². The largest absolute Gasteiger partial charge is 0.478 e. The molecule has 106 valence electrons. The molecule has 0 heterocycles. The van der Waals surface area contributed by atoms with Crippen molar-refractivity contribution in [1.82, 2.24) is 5.32 Å². The molecule has 1 saturated carbocycles. The molecule has 0 atom stereocenters. The van der Waals surface area contributed by atoms with E-state index in [1.807, 2.05) is 0 Å². The summed E-state index contributed by atoms with van der Waals surface area (Å²) in [5.41, 5.74) is 5.16. The highest BCUT2D eigenvalue weighted by Gasteiger charge is 2.39. The predicted molar refractivity (Wildman–Crippen MR) is 71.3 cm³/mol.